The molecule has 3 heteroatoms. The SMILES string of the molecule is C=C(CO)C(C)=N/C(C)=C(/C)N. The highest BCUT2D eigenvalue weighted by atomic mass is 16.3. The first-order valence-electron chi connectivity index (χ1n) is 3.76. The Hall–Kier alpha value is -1.09. The normalized spacial score (nSPS) is 14.2. The standard InChI is InChI=1S/C9H16N2O/c1-6(5-12)8(3)11-9(4)7(2)10/h12H,1,5,10H2,2-4H3/b9-7-,11-8?. The molecule has 0 heterocycles. The third-order valence-corrected chi connectivity index (χ3v) is 1.61. The van der Waals surface area contributed by atoms with Crippen LogP contribution >= 0.6 is 0 Å². The Balaban J connectivity index is 4.58. The van der Waals surface area contributed by atoms with E-state index in [1.165, 1.54) is 0 Å². The van der Waals surface area contributed by atoms with Gasteiger partial charge in [-0.05, 0) is 26.3 Å². The van der Waals surface area contributed by atoms with Crippen LogP contribution in [0.4, 0.5) is 0 Å². The van der Waals surface area contributed by atoms with Crippen LogP contribution in [0.1, 0.15) is 20.8 Å². The quantitative estimate of drug-likeness (QED) is 0.622. The molecule has 0 aromatic rings. The van der Waals surface area contributed by atoms with Crippen molar-refractivity contribution >= 4 is 5.71 Å². The molecule has 0 aliphatic carbocycles. The maximum Gasteiger partial charge on any atom is 0.0693 e. The van der Waals surface area contributed by atoms with Crippen molar-refractivity contribution in [3.05, 3.63) is 23.5 Å². The molecule has 3 N–H and O–H groups in total. The third kappa shape index (κ3) is 3.34. The van der Waals surface area contributed by atoms with Crippen LogP contribution in [0.3, 0.4) is 0 Å². The number of hydrogen-bond acceptors (Lipinski definition) is 3. The summed E-state index contributed by atoms with van der Waals surface area (Å²) in [6.45, 7) is 8.98. The predicted molar refractivity (Wildman–Crippen MR) is 51.9 cm³/mol. The van der Waals surface area contributed by atoms with E-state index in [1.807, 2.05) is 6.92 Å². The predicted octanol–water partition coefficient (Wildman–Crippen LogP) is 1.21. The van der Waals surface area contributed by atoms with Crippen LogP contribution in [0.25, 0.3) is 0 Å². The van der Waals surface area contributed by atoms with Gasteiger partial charge in [-0.2, -0.15) is 0 Å². The van der Waals surface area contributed by atoms with E-state index in [4.69, 9.17) is 10.8 Å². The summed E-state index contributed by atoms with van der Waals surface area (Å²) >= 11 is 0. The van der Waals surface area contributed by atoms with Crippen molar-refractivity contribution in [3.63, 3.8) is 0 Å². The fraction of sp³-hybridized carbons (Fsp3) is 0.444. The molecule has 0 aromatic carbocycles. The van der Waals surface area contributed by atoms with Gasteiger partial charge in [-0.15, -0.1) is 0 Å². The molecule has 0 amide bonds. The van der Waals surface area contributed by atoms with E-state index in [-0.39, 0.29) is 6.61 Å². The first-order valence-corrected chi connectivity index (χ1v) is 3.76. The van der Waals surface area contributed by atoms with E-state index in [1.54, 1.807) is 13.8 Å². The van der Waals surface area contributed by atoms with E-state index < -0.39 is 0 Å². The van der Waals surface area contributed by atoms with Gasteiger partial charge in [0.2, 0.25) is 0 Å². The molecule has 0 aliphatic rings. The summed E-state index contributed by atoms with van der Waals surface area (Å²) in [6, 6.07) is 0. The number of allylic oxidation sites excluding steroid dienone is 2. The molecule has 0 radical (unpaired) electrons. The molecule has 3 nitrogen and oxygen atoms in total. The van der Waals surface area contributed by atoms with E-state index >= 15 is 0 Å². The van der Waals surface area contributed by atoms with Crippen LogP contribution in [0, 0.1) is 0 Å². The van der Waals surface area contributed by atoms with Crippen LogP contribution in [-0.2, 0) is 0 Å². The molecule has 0 spiro atoms. The summed E-state index contributed by atoms with van der Waals surface area (Å²) < 4.78 is 0. The van der Waals surface area contributed by atoms with Gasteiger partial charge in [0.25, 0.3) is 0 Å². The minimum Gasteiger partial charge on any atom is -0.401 e. The molecule has 0 fully saturated rings. The Kier molecular flexibility index (Phi) is 4.29. The maximum atomic E-state index is 8.73. The largest absolute Gasteiger partial charge is 0.401 e. The molecule has 0 aromatic heterocycles. The Morgan fingerprint density at radius 3 is 2.25 bits per heavy atom. The molecule has 0 saturated carbocycles. The molecule has 12 heavy (non-hydrogen) atoms. The lowest BCUT2D eigenvalue weighted by Gasteiger charge is -2.02. The van der Waals surface area contributed by atoms with Gasteiger partial charge in [0.15, 0.2) is 0 Å². The van der Waals surface area contributed by atoms with Crippen LogP contribution in [0.2, 0.25) is 0 Å². The second kappa shape index (κ2) is 4.72. The molecule has 0 bridgehead atoms. The van der Waals surface area contributed by atoms with Crippen molar-refractivity contribution in [1.82, 2.24) is 0 Å². The molecule has 68 valence electrons. The summed E-state index contributed by atoms with van der Waals surface area (Å²) in [5, 5.41) is 8.73. The topological polar surface area (TPSA) is 58.6 Å². The van der Waals surface area contributed by atoms with Gasteiger partial charge in [0.05, 0.1) is 12.3 Å². The number of nitrogens with zero attached hydrogens (tertiary/aromatic N) is 1. The zero-order chi connectivity index (χ0) is 9.72. The Morgan fingerprint density at radius 1 is 1.42 bits per heavy atom. The molecule has 0 saturated heterocycles. The fourth-order valence-corrected chi connectivity index (χ4v) is 0.533. The van der Waals surface area contributed by atoms with Gasteiger partial charge in [0, 0.05) is 11.4 Å². The summed E-state index contributed by atoms with van der Waals surface area (Å²) in [4.78, 5) is 4.16. The Bertz CT molecular complexity index is 235. The van der Waals surface area contributed by atoms with Gasteiger partial charge in [-0.1, -0.05) is 6.58 Å². The van der Waals surface area contributed by atoms with Gasteiger partial charge >= 0.3 is 0 Å². The maximum absolute atomic E-state index is 8.73. The van der Waals surface area contributed by atoms with E-state index in [2.05, 4.69) is 11.6 Å². The number of aliphatic hydroxyl groups is 1. The van der Waals surface area contributed by atoms with Gasteiger partial charge in [0.1, 0.15) is 0 Å². The van der Waals surface area contributed by atoms with Crippen molar-refractivity contribution in [2.24, 2.45) is 10.7 Å². The smallest absolute Gasteiger partial charge is 0.0693 e. The highest BCUT2D eigenvalue weighted by molar-refractivity contribution is 5.98. The second-order valence-corrected chi connectivity index (χ2v) is 2.73. The lowest BCUT2D eigenvalue weighted by Crippen LogP contribution is -2.02. The van der Waals surface area contributed by atoms with Crippen molar-refractivity contribution < 1.29 is 5.11 Å². The van der Waals surface area contributed by atoms with E-state index in [9.17, 15) is 0 Å². The summed E-state index contributed by atoms with van der Waals surface area (Å²) in [5.41, 5.74) is 8.30. The van der Waals surface area contributed by atoms with Crippen molar-refractivity contribution in [1.29, 1.82) is 0 Å². The number of aliphatic imine (C=N–C) groups is 1. The molecular formula is C9H16N2O. The summed E-state index contributed by atoms with van der Waals surface area (Å²) in [5.74, 6) is 0. The minimum atomic E-state index is -0.0633. The molecular weight excluding hydrogens is 152 g/mol. The first kappa shape index (κ1) is 10.9. The van der Waals surface area contributed by atoms with Gasteiger partial charge in [-0.25, -0.2) is 0 Å². The number of aliphatic hydroxyl groups excluding tert-OH is 1. The average molecular weight is 168 g/mol. The van der Waals surface area contributed by atoms with Crippen LogP contribution in [0.5, 0.6) is 0 Å². The first-order chi connectivity index (χ1) is 5.49. The van der Waals surface area contributed by atoms with E-state index in [0.717, 1.165) is 11.4 Å². The number of rotatable bonds is 3. The monoisotopic (exact) mass is 168 g/mol. The third-order valence-electron chi connectivity index (χ3n) is 1.61. The average Bonchev–Trinajstić information content (AvgIpc) is 2.02. The summed E-state index contributed by atoms with van der Waals surface area (Å²) in [6.07, 6.45) is 0. The minimum absolute atomic E-state index is 0.0633. The van der Waals surface area contributed by atoms with Crippen molar-refractivity contribution in [2.45, 2.75) is 20.8 Å². The second-order valence-electron chi connectivity index (χ2n) is 2.73. The zero-order valence-corrected chi connectivity index (χ0v) is 7.89. The highest BCUT2D eigenvalue weighted by Gasteiger charge is 1.97. The highest BCUT2D eigenvalue weighted by Crippen LogP contribution is 2.02. The van der Waals surface area contributed by atoms with Crippen LogP contribution in [0.15, 0.2) is 28.5 Å². The van der Waals surface area contributed by atoms with Gasteiger partial charge < -0.3 is 10.8 Å². The molecule has 0 unspecified atom stereocenters. The fourth-order valence-electron chi connectivity index (χ4n) is 0.533. The Labute approximate surface area is 73.3 Å². The Morgan fingerprint density at radius 2 is 1.92 bits per heavy atom. The lowest BCUT2D eigenvalue weighted by molar-refractivity contribution is 0.337. The number of nitrogens with two attached hydrogens (primary N) is 1. The van der Waals surface area contributed by atoms with Crippen molar-refractivity contribution in [2.75, 3.05) is 6.61 Å². The summed E-state index contributed by atoms with van der Waals surface area (Å²) in [7, 11) is 0. The van der Waals surface area contributed by atoms with Crippen molar-refractivity contribution in [3.8, 4) is 0 Å². The van der Waals surface area contributed by atoms with Crippen LogP contribution < -0.4 is 5.73 Å². The molecule has 0 aliphatic heterocycles. The zero-order valence-electron chi connectivity index (χ0n) is 7.89. The molecule has 0 atom stereocenters. The lowest BCUT2D eigenvalue weighted by atomic mass is 10.2. The molecule has 0 rings (SSSR count). The number of hydrogen-bond donors (Lipinski definition) is 2. The van der Waals surface area contributed by atoms with Gasteiger partial charge in [-0.3, -0.25) is 4.99 Å². The van der Waals surface area contributed by atoms with Crippen LogP contribution in [-0.4, -0.2) is 17.4 Å². The van der Waals surface area contributed by atoms with E-state index in [0.29, 0.717) is 11.3 Å².